The third-order valence-electron chi connectivity index (χ3n) is 2.33. The van der Waals surface area contributed by atoms with Crippen molar-refractivity contribution in [1.82, 2.24) is 4.90 Å². The number of benzene rings is 1. The Morgan fingerprint density at radius 1 is 1.37 bits per heavy atom. The molecular weight excluding hydrogens is 256 g/mol. The zero-order valence-electron chi connectivity index (χ0n) is 10.9. The second-order valence-corrected chi connectivity index (χ2v) is 3.96. The Balaban J connectivity index is 2.63. The molecule has 0 spiro atoms. The Morgan fingerprint density at radius 2 is 2.05 bits per heavy atom. The van der Waals surface area contributed by atoms with Gasteiger partial charge in [0, 0.05) is 12.1 Å². The second-order valence-electron chi connectivity index (χ2n) is 3.96. The van der Waals surface area contributed by atoms with Crippen molar-refractivity contribution in [2.75, 3.05) is 20.2 Å². The SMILES string of the molecule is CCOC(=O)CN(C)Cc1ccccc1OC(F)F. The van der Waals surface area contributed by atoms with Crippen LogP contribution in [0.3, 0.4) is 0 Å². The molecule has 0 amide bonds. The van der Waals surface area contributed by atoms with Gasteiger partial charge < -0.3 is 9.47 Å². The minimum atomic E-state index is -2.86. The first-order valence-corrected chi connectivity index (χ1v) is 5.89. The van der Waals surface area contributed by atoms with E-state index in [9.17, 15) is 13.6 Å². The Bertz CT molecular complexity index is 413. The Morgan fingerprint density at radius 3 is 2.68 bits per heavy atom. The predicted octanol–water partition coefficient (Wildman–Crippen LogP) is 2.28. The van der Waals surface area contributed by atoms with Crippen molar-refractivity contribution in [2.24, 2.45) is 0 Å². The average Bonchev–Trinajstić information content (AvgIpc) is 2.31. The summed E-state index contributed by atoms with van der Waals surface area (Å²) in [5.41, 5.74) is 0.592. The van der Waals surface area contributed by atoms with Crippen molar-refractivity contribution in [3.05, 3.63) is 29.8 Å². The van der Waals surface area contributed by atoms with Crippen LogP contribution in [0.25, 0.3) is 0 Å². The van der Waals surface area contributed by atoms with Gasteiger partial charge in [-0.25, -0.2) is 0 Å². The number of ether oxygens (including phenoxy) is 2. The molecule has 6 heteroatoms. The summed E-state index contributed by atoms with van der Waals surface area (Å²) in [6, 6.07) is 6.50. The molecule has 4 nitrogen and oxygen atoms in total. The molecule has 0 saturated carbocycles. The molecule has 0 heterocycles. The topological polar surface area (TPSA) is 38.8 Å². The van der Waals surface area contributed by atoms with E-state index < -0.39 is 6.61 Å². The van der Waals surface area contributed by atoms with Gasteiger partial charge in [0.05, 0.1) is 13.2 Å². The van der Waals surface area contributed by atoms with Gasteiger partial charge >= 0.3 is 12.6 Å². The molecule has 1 rings (SSSR count). The lowest BCUT2D eigenvalue weighted by atomic mass is 10.2. The van der Waals surface area contributed by atoms with E-state index in [1.165, 1.54) is 6.07 Å². The van der Waals surface area contributed by atoms with Crippen LogP contribution >= 0.6 is 0 Å². The van der Waals surface area contributed by atoms with Gasteiger partial charge in [-0.2, -0.15) is 8.78 Å². The highest BCUT2D eigenvalue weighted by molar-refractivity contribution is 5.71. The molecule has 106 valence electrons. The molecule has 0 aliphatic carbocycles. The van der Waals surface area contributed by atoms with Gasteiger partial charge in [0.2, 0.25) is 0 Å². The van der Waals surface area contributed by atoms with Gasteiger partial charge in [-0.15, -0.1) is 0 Å². The Labute approximate surface area is 110 Å². The zero-order chi connectivity index (χ0) is 14.3. The van der Waals surface area contributed by atoms with Crippen molar-refractivity contribution in [3.8, 4) is 5.75 Å². The van der Waals surface area contributed by atoms with E-state index in [0.717, 1.165) is 0 Å². The largest absolute Gasteiger partial charge is 0.465 e. The van der Waals surface area contributed by atoms with Crippen molar-refractivity contribution in [3.63, 3.8) is 0 Å². The summed E-state index contributed by atoms with van der Waals surface area (Å²) in [6.45, 7) is -0.406. The summed E-state index contributed by atoms with van der Waals surface area (Å²) in [6.07, 6.45) is 0. The van der Waals surface area contributed by atoms with Gasteiger partial charge in [0.25, 0.3) is 0 Å². The third-order valence-corrected chi connectivity index (χ3v) is 2.33. The molecule has 0 radical (unpaired) electrons. The number of carbonyl (C=O) groups excluding carboxylic acids is 1. The average molecular weight is 273 g/mol. The van der Waals surface area contributed by atoms with Gasteiger partial charge in [-0.05, 0) is 20.0 Å². The fraction of sp³-hybridized carbons (Fsp3) is 0.462. The number of hydrogen-bond acceptors (Lipinski definition) is 4. The first kappa shape index (κ1) is 15.4. The highest BCUT2D eigenvalue weighted by atomic mass is 19.3. The van der Waals surface area contributed by atoms with Crippen LogP contribution in [0.15, 0.2) is 24.3 Å². The van der Waals surface area contributed by atoms with E-state index in [1.54, 1.807) is 37.1 Å². The molecular formula is C13H17F2NO3. The summed E-state index contributed by atoms with van der Waals surface area (Å²) in [5, 5.41) is 0. The molecule has 0 aliphatic heterocycles. The van der Waals surface area contributed by atoms with Crippen molar-refractivity contribution in [1.29, 1.82) is 0 Å². The predicted molar refractivity (Wildman–Crippen MR) is 66.0 cm³/mol. The smallest absolute Gasteiger partial charge is 0.387 e. The van der Waals surface area contributed by atoms with Crippen molar-refractivity contribution < 1.29 is 23.0 Å². The van der Waals surface area contributed by atoms with Gasteiger partial charge in [0.1, 0.15) is 5.75 Å². The summed E-state index contributed by atoms with van der Waals surface area (Å²) < 4.78 is 33.7. The molecule has 1 aromatic carbocycles. The number of carbonyl (C=O) groups is 1. The lowest BCUT2D eigenvalue weighted by molar-refractivity contribution is -0.144. The molecule has 0 atom stereocenters. The maximum absolute atomic E-state index is 12.2. The third kappa shape index (κ3) is 5.65. The van der Waals surface area contributed by atoms with Crippen LogP contribution in [-0.2, 0) is 16.1 Å². The van der Waals surface area contributed by atoms with Crippen molar-refractivity contribution >= 4 is 5.97 Å². The zero-order valence-corrected chi connectivity index (χ0v) is 10.9. The van der Waals surface area contributed by atoms with E-state index in [-0.39, 0.29) is 18.3 Å². The van der Waals surface area contributed by atoms with Crippen molar-refractivity contribution in [2.45, 2.75) is 20.1 Å². The molecule has 0 N–H and O–H groups in total. The number of esters is 1. The minimum Gasteiger partial charge on any atom is -0.465 e. The summed E-state index contributed by atoms with van der Waals surface area (Å²) in [7, 11) is 1.70. The van der Waals surface area contributed by atoms with Crippen LogP contribution in [0, 0.1) is 0 Å². The molecule has 0 aromatic heterocycles. The van der Waals surface area contributed by atoms with Crippen LogP contribution in [0.1, 0.15) is 12.5 Å². The molecule has 0 aliphatic rings. The Kier molecular flexibility index (Phi) is 6.21. The van der Waals surface area contributed by atoms with E-state index in [1.807, 2.05) is 0 Å². The van der Waals surface area contributed by atoms with E-state index in [0.29, 0.717) is 18.7 Å². The molecule has 0 fully saturated rings. The highest BCUT2D eigenvalue weighted by Gasteiger charge is 2.12. The monoisotopic (exact) mass is 273 g/mol. The Hall–Kier alpha value is -1.69. The fourth-order valence-corrected chi connectivity index (χ4v) is 1.62. The molecule has 0 bridgehead atoms. The highest BCUT2D eigenvalue weighted by Crippen LogP contribution is 2.21. The molecule has 1 aromatic rings. The van der Waals surface area contributed by atoms with E-state index in [2.05, 4.69) is 4.74 Å². The van der Waals surface area contributed by atoms with E-state index >= 15 is 0 Å². The number of rotatable bonds is 7. The number of hydrogen-bond donors (Lipinski definition) is 0. The second kappa shape index (κ2) is 7.68. The lowest BCUT2D eigenvalue weighted by Gasteiger charge is -2.17. The van der Waals surface area contributed by atoms with Crippen LogP contribution in [0.2, 0.25) is 0 Å². The van der Waals surface area contributed by atoms with Gasteiger partial charge in [-0.3, -0.25) is 9.69 Å². The number of likely N-dealkylation sites (N-methyl/N-ethyl adjacent to an activating group) is 1. The lowest BCUT2D eigenvalue weighted by Crippen LogP contribution is -2.27. The number of halogens is 2. The molecule has 19 heavy (non-hydrogen) atoms. The summed E-state index contributed by atoms with van der Waals surface area (Å²) in [5.74, 6) is -0.231. The normalized spacial score (nSPS) is 10.8. The fourth-order valence-electron chi connectivity index (χ4n) is 1.62. The molecule has 0 unspecified atom stereocenters. The number of alkyl halides is 2. The summed E-state index contributed by atoms with van der Waals surface area (Å²) in [4.78, 5) is 13.0. The molecule has 0 saturated heterocycles. The summed E-state index contributed by atoms with van der Waals surface area (Å²) >= 11 is 0. The van der Waals surface area contributed by atoms with Crippen LogP contribution in [-0.4, -0.2) is 37.7 Å². The first-order chi connectivity index (χ1) is 9.02. The number of nitrogens with zero attached hydrogens (tertiary/aromatic N) is 1. The van der Waals surface area contributed by atoms with Crippen LogP contribution in [0.4, 0.5) is 8.78 Å². The van der Waals surface area contributed by atoms with Crippen LogP contribution < -0.4 is 4.74 Å². The van der Waals surface area contributed by atoms with Crippen LogP contribution in [0.5, 0.6) is 5.75 Å². The standard InChI is InChI=1S/C13H17F2NO3/c1-3-18-12(17)9-16(2)8-10-6-4-5-7-11(10)19-13(14)15/h4-7,13H,3,8-9H2,1-2H3. The van der Waals surface area contributed by atoms with Gasteiger partial charge in [0.15, 0.2) is 0 Å². The quantitative estimate of drug-likeness (QED) is 0.714. The van der Waals surface area contributed by atoms with Gasteiger partial charge in [-0.1, -0.05) is 18.2 Å². The first-order valence-electron chi connectivity index (χ1n) is 5.89. The number of para-hydroxylation sites is 1. The van der Waals surface area contributed by atoms with E-state index in [4.69, 9.17) is 4.74 Å². The minimum absolute atomic E-state index is 0.0941. The maximum atomic E-state index is 12.2. The maximum Gasteiger partial charge on any atom is 0.387 e.